The monoisotopic (exact) mass is 493 g/mol. The van der Waals surface area contributed by atoms with E-state index in [0.717, 1.165) is 21.5 Å². The molecule has 0 bridgehead atoms. The van der Waals surface area contributed by atoms with Gasteiger partial charge in [0, 0.05) is 25.2 Å². The van der Waals surface area contributed by atoms with Crippen molar-refractivity contribution in [3.8, 4) is 0 Å². The number of rotatable bonds is 5. The van der Waals surface area contributed by atoms with E-state index in [0.29, 0.717) is 5.65 Å². The molecule has 1 atom stereocenters. The number of sulfonamides is 1. The van der Waals surface area contributed by atoms with Crippen LogP contribution in [0.2, 0.25) is 0 Å². The summed E-state index contributed by atoms with van der Waals surface area (Å²) in [7, 11) is -4.36. The van der Waals surface area contributed by atoms with Crippen LogP contribution in [0.4, 0.5) is 4.39 Å². The molecule has 178 valence electrons. The van der Waals surface area contributed by atoms with Gasteiger partial charge in [-0.1, -0.05) is 42.5 Å². The minimum absolute atomic E-state index is 0.0660. The Morgan fingerprint density at radius 2 is 1.74 bits per heavy atom. The Hall–Kier alpha value is -3.89. The third kappa shape index (κ3) is 4.33. The van der Waals surface area contributed by atoms with Crippen molar-refractivity contribution in [2.24, 2.45) is 0 Å². The summed E-state index contributed by atoms with van der Waals surface area (Å²) in [4.78, 5) is 29.3. The Balaban J connectivity index is 1.45. The van der Waals surface area contributed by atoms with Crippen molar-refractivity contribution >= 4 is 21.6 Å². The van der Waals surface area contributed by atoms with Crippen molar-refractivity contribution in [3.63, 3.8) is 0 Å². The van der Waals surface area contributed by atoms with Crippen molar-refractivity contribution in [1.82, 2.24) is 13.7 Å². The summed E-state index contributed by atoms with van der Waals surface area (Å²) in [6.07, 6.45) is 1.64. The average molecular weight is 494 g/mol. The SMILES string of the molecule is O=C(OCc1cc(=O)n2ccccc2n1)[C@@H]1Cc2ccccc2CN1S(=O)(=O)c1ccccc1F. The third-order valence-corrected chi connectivity index (χ3v) is 7.78. The Labute approximate surface area is 200 Å². The van der Waals surface area contributed by atoms with Gasteiger partial charge in [-0.25, -0.2) is 17.8 Å². The Morgan fingerprint density at radius 1 is 1.03 bits per heavy atom. The summed E-state index contributed by atoms with van der Waals surface area (Å²) in [6.45, 7) is -0.423. The quantitative estimate of drug-likeness (QED) is 0.397. The number of carbonyl (C=O) groups excluding carboxylic acids is 1. The first-order valence-electron chi connectivity index (χ1n) is 10.8. The van der Waals surface area contributed by atoms with Gasteiger partial charge in [-0.15, -0.1) is 0 Å². The number of hydrogen-bond donors (Lipinski definition) is 0. The molecular weight excluding hydrogens is 473 g/mol. The van der Waals surface area contributed by atoms with Crippen LogP contribution >= 0.6 is 0 Å². The highest BCUT2D eigenvalue weighted by Crippen LogP contribution is 2.30. The molecule has 0 amide bonds. The zero-order valence-corrected chi connectivity index (χ0v) is 19.2. The lowest BCUT2D eigenvalue weighted by atomic mass is 9.96. The van der Waals surface area contributed by atoms with Crippen molar-refractivity contribution in [2.75, 3.05) is 0 Å². The molecule has 1 aliphatic heterocycles. The van der Waals surface area contributed by atoms with Gasteiger partial charge < -0.3 is 4.74 Å². The molecule has 8 nitrogen and oxygen atoms in total. The smallest absolute Gasteiger partial charge is 0.325 e. The predicted molar refractivity (Wildman–Crippen MR) is 124 cm³/mol. The van der Waals surface area contributed by atoms with Gasteiger partial charge >= 0.3 is 5.97 Å². The molecule has 0 radical (unpaired) electrons. The number of ether oxygens (including phenoxy) is 1. The fraction of sp³-hybridized carbons (Fsp3) is 0.160. The van der Waals surface area contributed by atoms with Crippen LogP contribution < -0.4 is 5.56 Å². The van der Waals surface area contributed by atoms with Gasteiger partial charge in [-0.05, 0) is 35.4 Å². The maximum Gasteiger partial charge on any atom is 0.325 e. The number of fused-ring (bicyclic) bond motifs is 2. The van der Waals surface area contributed by atoms with Crippen LogP contribution in [0.3, 0.4) is 0 Å². The molecule has 10 heteroatoms. The lowest BCUT2D eigenvalue weighted by Crippen LogP contribution is -2.49. The highest BCUT2D eigenvalue weighted by atomic mass is 32.2. The van der Waals surface area contributed by atoms with Crippen LogP contribution in [0, 0.1) is 5.82 Å². The molecule has 4 aromatic rings. The van der Waals surface area contributed by atoms with Crippen LogP contribution in [0.1, 0.15) is 16.8 Å². The molecule has 1 aliphatic rings. The molecule has 5 rings (SSSR count). The van der Waals surface area contributed by atoms with Gasteiger partial charge in [-0.2, -0.15) is 4.31 Å². The van der Waals surface area contributed by atoms with Crippen LogP contribution in [-0.4, -0.2) is 34.1 Å². The maximum absolute atomic E-state index is 14.4. The largest absolute Gasteiger partial charge is 0.458 e. The zero-order valence-electron chi connectivity index (χ0n) is 18.4. The molecule has 0 saturated heterocycles. The second-order valence-corrected chi connectivity index (χ2v) is 9.95. The molecule has 0 N–H and O–H groups in total. The molecule has 0 fully saturated rings. The molecule has 0 spiro atoms. The number of aromatic nitrogens is 2. The Bertz CT molecular complexity index is 1600. The van der Waals surface area contributed by atoms with Gasteiger partial charge in [-0.3, -0.25) is 14.0 Å². The summed E-state index contributed by atoms with van der Waals surface area (Å²) >= 11 is 0. The minimum atomic E-state index is -4.36. The van der Waals surface area contributed by atoms with Crippen molar-refractivity contribution < 1.29 is 22.3 Å². The topological polar surface area (TPSA) is 98.1 Å². The third-order valence-electron chi connectivity index (χ3n) is 5.89. The number of pyridine rings is 1. The molecule has 0 aliphatic carbocycles. The maximum atomic E-state index is 14.4. The zero-order chi connectivity index (χ0) is 24.6. The second-order valence-electron chi connectivity index (χ2n) is 8.09. The predicted octanol–water partition coefficient (Wildman–Crippen LogP) is 2.69. The number of hydrogen-bond acceptors (Lipinski definition) is 6. The summed E-state index contributed by atoms with van der Waals surface area (Å²) in [5, 5.41) is 0. The standard InChI is InChI=1S/C25H20FN3O5S/c26-20-9-3-4-10-22(20)35(32,33)29-15-18-8-2-1-7-17(18)13-21(29)25(31)34-16-19-14-24(30)28-12-6-5-11-23(28)27-19/h1-12,14,21H,13,15-16H2/t21-/m0/s1. The fourth-order valence-corrected chi connectivity index (χ4v) is 5.77. The molecule has 0 unspecified atom stereocenters. The molecular formula is C25H20FN3O5S. The van der Waals surface area contributed by atoms with Gasteiger partial charge in [0.15, 0.2) is 0 Å². The van der Waals surface area contributed by atoms with E-state index in [4.69, 9.17) is 4.74 Å². The van der Waals surface area contributed by atoms with Crippen LogP contribution in [0.25, 0.3) is 5.65 Å². The molecule has 2 aromatic carbocycles. The minimum Gasteiger partial charge on any atom is -0.458 e. The lowest BCUT2D eigenvalue weighted by Gasteiger charge is -2.34. The van der Waals surface area contributed by atoms with Crippen LogP contribution in [-0.2, 0) is 39.1 Å². The summed E-state index contributed by atoms with van der Waals surface area (Å²) < 4.78 is 49.0. The van der Waals surface area contributed by atoms with Gasteiger partial charge in [0.2, 0.25) is 10.0 Å². The number of nitrogens with zero attached hydrogens (tertiary/aromatic N) is 3. The van der Waals surface area contributed by atoms with Crippen molar-refractivity contribution in [1.29, 1.82) is 0 Å². The van der Waals surface area contributed by atoms with Crippen molar-refractivity contribution in [2.45, 2.75) is 30.5 Å². The van der Waals surface area contributed by atoms with Crippen LogP contribution in [0.5, 0.6) is 0 Å². The van der Waals surface area contributed by atoms with Crippen LogP contribution in [0.15, 0.2) is 88.7 Å². The summed E-state index contributed by atoms with van der Waals surface area (Å²) in [5.74, 6) is -1.71. The highest BCUT2D eigenvalue weighted by Gasteiger charge is 2.41. The highest BCUT2D eigenvalue weighted by molar-refractivity contribution is 7.89. The average Bonchev–Trinajstić information content (AvgIpc) is 2.86. The molecule has 2 aromatic heterocycles. The van der Waals surface area contributed by atoms with E-state index >= 15 is 0 Å². The van der Waals surface area contributed by atoms with Gasteiger partial charge in [0.05, 0.1) is 5.69 Å². The lowest BCUT2D eigenvalue weighted by molar-refractivity contribution is -0.150. The van der Waals surface area contributed by atoms with E-state index in [1.807, 2.05) is 6.07 Å². The number of esters is 1. The van der Waals surface area contributed by atoms with E-state index in [1.165, 1.54) is 28.7 Å². The number of carbonyl (C=O) groups is 1. The van der Waals surface area contributed by atoms with E-state index in [-0.39, 0.29) is 30.8 Å². The van der Waals surface area contributed by atoms with E-state index in [2.05, 4.69) is 4.98 Å². The number of halogens is 1. The summed E-state index contributed by atoms with van der Waals surface area (Å²) in [6, 6.07) is 17.3. The fourth-order valence-electron chi connectivity index (χ4n) is 4.15. The second kappa shape index (κ2) is 9.05. The first kappa shape index (κ1) is 22.9. The van der Waals surface area contributed by atoms with E-state index in [1.54, 1.807) is 42.6 Å². The van der Waals surface area contributed by atoms with E-state index < -0.39 is 32.7 Å². The first-order valence-corrected chi connectivity index (χ1v) is 12.3. The Morgan fingerprint density at radius 3 is 2.54 bits per heavy atom. The van der Waals surface area contributed by atoms with Gasteiger partial charge in [0.1, 0.15) is 29.0 Å². The number of benzene rings is 2. The normalized spacial score (nSPS) is 16.1. The van der Waals surface area contributed by atoms with Crippen molar-refractivity contribution in [3.05, 3.63) is 112 Å². The Kier molecular flexibility index (Phi) is 5.91. The van der Waals surface area contributed by atoms with Gasteiger partial charge in [0.25, 0.3) is 5.56 Å². The first-order chi connectivity index (χ1) is 16.8. The molecule has 3 heterocycles. The molecule has 0 saturated carbocycles. The van der Waals surface area contributed by atoms with E-state index in [9.17, 15) is 22.4 Å². The summed E-state index contributed by atoms with van der Waals surface area (Å²) in [5.41, 5.74) is 1.81. The molecule has 35 heavy (non-hydrogen) atoms.